The van der Waals surface area contributed by atoms with E-state index in [-0.39, 0.29) is 6.42 Å². The van der Waals surface area contributed by atoms with Crippen LogP contribution in [0.15, 0.2) is 0 Å². The number of halogens is 3. The van der Waals surface area contributed by atoms with Crippen LogP contribution in [-0.4, -0.2) is 24.7 Å². The molecule has 0 aliphatic carbocycles. The molecule has 0 aromatic heterocycles. The lowest BCUT2D eigenvalue weighted by molar-refractivity contribution is -0.341. The largest absolute Gasteiger partial charge is 0.399 e. The average Bonchev–Trinajstić information content (AvgIpc) is 2.07. The summed E-state index contributed by atoms with van der Waals surface area (Å²) in [6.45, 7) is 9.61. The van der Waals surface area contributed by atoms with Crippen LogP contribution in [0.3, 0.4) is 0 Å². The van der Waals surface area contributed by atoms with Crippen LogP contribution in [0.5, 0.6) is 0 Å². The zero-order valence-electron chi connectivity index (χ0n) is 12.3. The molecule has 0 aliphatic heterocycles. The highest BCUT2D eigenvalue weighted by molar-refractivity contribution is 5.00. The molecular weight excluding hydrogens is 245 g/mol. The van der Waals surface area contributed by atoms with Gasteiger partial charge in [0, 0.05) is 7.11 Å². The van der Waals surface area contributed by atoms with Crippen LogP contribution >= 0.6 is 0 Å². The minimum absolute atomic E-state index is 0.206. The summed E-state index contributed by atoms with van der Waals surface area (Å²) >= 11 is 0. The molecule has 0 saturated heterocycles. The lowest BCUT2D eigenvalue weighted by atomic mass is 9.59. The predicted octanol–water partition coefficient (Wildman–Crippen LogP) is 3.98. The second-order valence-corrected chi connectivity index (χ2v) is 7.04. The van der Waals surface area contributed by atoms with Crippen LogP contribution in [0.1, 0.15) is 48.0 Å². The van der Waals surface area contributed by atoms with Crippen molar-refractivity contribution < 1.29 is 23.0 Å². The van der Waals surface area contributed by atoms with E-state index in [1.807, 2.05) is 0 Å². The summed E-state index contributed by atoms with van der Waals surface area (Å²) in [6.07, 6.45) is -6.63. The van der Waals surface area contributed by atoms with Crippen LogP contribution < -0.4 is 0 Å². The summed E-state index contributed by atoms with van der Waals surface area (Å²) in [4.78, 5) is 0. The molecule has 0 aliphatic rings. The van der Waals surface area contributed by atoms with Gasteiger partial charge >= 0.3 is 6.18 Å². The zero-order chi connectivity index (χ0) is 15.0. The van der Waals surface area contributed by atoms with Gasteiger partial charge in [-0.15, -0.1) is 0 Å². The Bertz CT molecular complexity index is 257. The number of rotatable bonds is 3. The second-order valence-electron chi connectivity index (χ2n) is 7.04. The Morgan fingerprint density at radius 3 is 1.56 bits per heavy atom. The summed E-state index contributed by atoms with van der Waals surface area (Å²) in [5, 5.41) is 9.86. The first-order valence-corrected chi connectivity index (χ1v) is 5.96. The molecule has 1 N–H and O–H groups in total. The van der Waals surface area contributed by atoms with Crippen molar-refractivity contribution in [2.45, 2.75) is 60.4 Å². The second kappa shape index (κ2) is 5.00. The molecule has 2 atom stereocenters. The highest BCUT2D eigenvalue weighted by atomic mass is 19.4. The van der Waals surface area contributed by atoms with Crippen LogP contribution in [0, 0.1) is 16.2 Å². The van der Waals surface area contributed by atoms with E-state index < -0.39 is 28.7 Å². The smallest absolute Gasteiger partial charge is 0.367 e. The number of aliphatic hydroxyl groups is 1. The highest BCUT2D eigenvalue weighted by Crippen LogP contribution is 2.58. The Balaban J connectivity index is 5.90. The Labute approximate surface area is 108 Å². The van der Waals surface area contributed by atoms with Crippen molar-refractivity contribution in [2.75, 3.05) is 7.11 Å². The van der Waals surface area contributed by atoms with E-state index in [1.165, 1.54) is 20.8 Å². The van der Waals surface area contributed by atoms with Crippen molar-refractivity contribution in [1.29, 1.82) is 0 Å². The topological polar surface area (TPSA) is 29.5 Å². The van der Waals surface area contributed by atoms with Gasteiger partial charge in [-0.3, -0.25) is 0 Å². The molecule has 0 saturated carbocycles. The molecule has 0 aromatic rings. The SMILES string of the molecule is COC(O)C(CC(C)(C)C)(C(C)(C)C)C(F)(F)F. The van der Waals surface area contributed by atoms with E-state index in [1.54, 1.807) is 20.8 Å². The van der Waals surface area contributed by atoms with Gasteiger partial charge in [0.2, 0.25) is 0 Å². The molecule has 0 spiro atoms. The summed E-state index contributed by atoms with van der Waals surface area (Å²) in [5.41, 5.74) is -4.05. The molecule has 0 fully saturated rings. The molecule has 2 unspecified atom stereocenters. The maximum absolute atomic E-state index is 13.6. The molecule has 0 amide bonds. The molecule has 0 aromatic carbocycles. The molecule has 2 nitrogen and oxygen atoms in total. The lowest BCUT2D eigenvalue weighted by Crippen LogP contribution is -2.58. The Hall–Kier alpha value is -0.290. The number of methoxy groups -OCH3 is 1. The maximum Gasteiger partial charge on any atom is 0.399 e. The number of hydrogen-bond donors (Lipinski definition) is 1. The molecule has 0 radical (unpaired) electrons. The van der Waals surface area contributed by atoms with Crippen LogP contribution in [0.2, 0.25) is 0 Å². The number of aliphatic hydroxyl groups excluding tert-OH is 1. The van der Waals surface area contributed by atoms with E-state index in [2.05, 4.69) is 4.74 Å². The predicted molar refractivity (Wildman–Crippen MR) is 65.0 cm³/mol. The van der Waals surface area contributed by atoms with Gasteiger partial charge in [0.1, 0.15) is 5.41 Å². The minimum Gasteiger partial charge on any atom is -0.367 e. The Morgan fingerprint density at radius 2 is 1.39 bits per heavy atom. The first-order valence-electron chi connectivity index (χ1n) is 5.96. The number of hydrogen-bond acceptors (Lipinski definition) is 2. The van der Waals surface area contributed by atoms with Crippen molar-refractivity contribution >= 4 is 0 Å². The van der Waals surface area contributed by atoms with E-state index in [0.717, 1.165) is 7.11 Å². The lowest BCUT2D eigenvalue weighted by Gasteiger charge is -2.50. The number of ether oxygens (including phenoxy) is 1. The molecule has 0 rings (SSSR count). The van der Waals surface area contributed by atoms with Crippen molar-refractivity contribution in [1.82, 2.24) is 0 Å². The highest BCUT2D eigenvalue weighted by Gasteiger charge is 2.66. The minimum atomic E-state index is -4.55. The van der Waals surface area contributed by atoms with Gasteiger partial charge in [-0.2, -0.15) is 13.2 Å². The van der Waals surface area contributed by atoms with Crippen molar-refractivity contribution in [3.05, 3.63) is 0 Å². The fraction of sp³-hybridized carbons (Fsp3) is 1.00. The van der Waals surface area contributed by atoms with Gasteiger partial charge < -0.3 is 9.84 Å². The van der Waals surface area contributed by atoms with Gasteiger partial charge in [-0.05, 0) is 17.3 Å². The Kier molecular flexibility index (Phi) is 4.92. The maximum atomic E-state index is 13.6. The standard InChI is InChI=1S/C13H25F3O2/c1-10(2,3)8-12(9(17)18-7,11(4,5)6)13(14,15)16/h9,17H,8H2,1-7H3. The summed E-state index contributed by atoms with van der Waals surface area (Å²) in [6, 6.07) is 0. The molecule has 0 bridgehead atoms. The van der Waals surface area contributed by atoms with Gasteiger partial charge in [0.05, 0.1) is 0 Å². The van der Waals surface area contributed by atoms with Crippen LogP contribution in [0.4, 0.5) is 13.2 Å². The average molecular weight is 270 g/mol. The molecular formula is C13H25F3O2. The van der Waals surface area contributed by atoms with E-state index in [9.17, 15) is 18.3 Å². The first-order chi connectivity index (χ1) is 7.69. The monoisotopic (exact) mass is 270 g/mol. The fourth-order valence-electron chi connectivity index (χ4n) is 2.43. The third-order valence-electron chi connectivity index (χ3n) is 3.30. The molecule has 18 heavy (non-hydrogen) atoms. The quantitative estimate of drug-likeness (QED) is 0.786. The normalized spacial score (nSPS) is 19.5. The van der Waals surface area contributed by atoms with Gasteiger partial charge in [0.25, 0.3) is 0 Å². The van der Waals surface area contributed by atoms with Crippen molar-refractivity contribution in [3.63, 3.8) is 0 Å². The van der Waals surface area contributed by atoms with E-state index in [4.69, 9.17) is 0 Å². The molecule has 5 heteroatoms. The van der Waals surface area contributed by atoms with E-state index >= 15 is 0 Å². The third kappa shape index (κ3) is 3.38. The first kappa shape index (κ1) is 17.7. The third-order valence-corrected chi connectivity index (χ3v) is 3.30. The fourth-order valence-corrected chi connectivity index (χ4v) is 2.43. The summed E-state index contributed by atoms with van der Waals surface area (Å²) in [5.74, 6) is 0. The van der Waals surface area contributed by atoms with E-state index in [0.29, 0.717) is 0 Å². The molecule has 0 heterocycles. The summed E-state index contributed by atoms with van der Waals surface area (Å²) in [7, 11) is 1.10. The van der Waals surface area contributed by atoms with Gasteiger partial charge in [0.15, 0.2) is 6.29 Å². The van der Waals surface area contributed by atoms with Gasteiger partial charge in [-0.1, -0.05) is 41.5 Å². The van der Waals surface area contributed by atoms with Crippen LogP contribution in [0.25, 0.3) is 0 Å². The van der Waals surface area contributed by atoms with Gasteiger partial charge in [-0.25, -0.2) is 0 Å². The van der Waals surface area contributed by atoms with Crippen LogP contribution in [-0.2, 0) is 4.74 Å². The zero-order valence-corrected chi connectivity index (χ0v) is 12.3. The van der Waals surface area contributed by atoms with Crippen molar-refractivity contribution in [3.8, 4) is 0 Å². The molecule has 110 valence electrons. The number of alkyl halides is 3. The summed E-state index contributed by atoms with van der Waals surface area (Å²) < 4.78 is 45.4. The van der Waals surface area contributed by atoms with Crippen molar-refractivity contribution in [2.24, 2.45) is 16.2 Å². The Morgan fingerprint density at radius 1 is 1.00 bits per heavy atom.